The van der Waals surface area contributed by atoms with Crippen molar-refractivity contribution in [3.05, 3.63) is 88.2 Å². The van der Waals surface area contributed by atoms with Crippen LogP contribution >= 0.6 is 0 Å². The maximum atomic E-state index is 13.2. The van der Waals surface area contributed by atoms with Crippen LogP contribution in [0.3, 0.4) is 0 Å². The molecule has 3 heterocycles. The Morgan fingerprint density at radius 2 is 1.95 bits per heavy atom. The summed E-state index contributed by atoms with van der Waals surface area (Å²) in [6, 6.07) is 8.64. The van der Waals surface area contributed by atoms with Crippen LogP contribution in [0.1, 0.15) is 51.5 Å². The first-order chi connectivity index (χ1) is 20.6. The summed E-state index contributed by atoms with van der Waals surface area (Å²) in [7, 11) is 0. The quantitative estimate of drug-likeness (QED) is 0.358. The van der Waals surface area contributed by atoms with Crippen LogP contribution in [0.4, 0.5) is 18.0 Å². The Kier molecular flexibility index (Phi) is 7.79. The molecule has 1 saturated heterocycles. The Hall–Kier alpha value is -4.08. The zero-order valence-corrected chi connectivity index (χ0v) is 24.4. The average Bonchev–Trinajstić information content (AvgIpc) is 3.55. The molecular weight excluding hydrogens is 559 g/mol. The number of hydrogen-bond donors (Lipinski definition) is 1. The number of rotatable bonds is 5. The highest BCUT2D eigenvalue weighted by atomic mass is 19.4. The standard InChI is InChI=1S/C33H36F3N3O4/c1-21-17-37-14-12-23-6-3-8-27(31(23)37)28-18-39(32(40)41)38(29(28)20-42-19-22(21)2)13-5-15-43-30-9-4-7-24-16-25(33(34,35)36)10-11-26(24)30/h4,7,9-11,16,19-21H,3,5-6,8,12-15,17-18H2,1-2H3,(H,40,41)/b22-19-,28-27-,29-20+. The van der Waals surface area contributed by atoms with Gasteiger partial charge in [-0.2, -0.15) is 13.2 Å². The van der Waals surface area contributed by atoms with E-state index in [2.05, 4.69) is 18.7 Å². The van der Waals surface area contributed by atoms with Crippen molar-refractivity contribution in [3.8, 4) is 5.75 Å². The van der Waals surface area contributed by atoms with Crippen molar-refractivity contribution in [1.82, 2.24) is 14.9 Å². The van der Waals surface area contributed by atoms with E-state index in [0.717, 1.165) is 67.7 Å². The number of amides is 1. The summed E-state index contributed by atoms with van der Waals surface area (Å²) in [6.07, 6.45) is 2.51. The topological polar surface area (TPSA) is 65.5 Å². The van der Waals surface area contributed by atoms with E-state index in [1.165, 1.54) is 27.9 Å². The zero-order valence-electron chi connectivity index (χ0n) is 24.4. The number of hydrazine groups is 1. The molecule has 1 unspecified atom stereocenters. The van der Waals surface area contributed by atoms with Crippen LogP contribution in [-0.4, -0.2) is 58.9 Å². The third-order valence-electron chi connectivity index (χ3n) is 8.94. The van der Waals surface area contributed by atoms with Gasteiger partial charge in [-0.15, -0.1) is 0 Å². The van der Waals surface area contributed by atoms with Gasteiger partial charge in [0.1, 0.15) is 12.0 Å². The number of allylic oxidation sites excluding steroid dienone is 1. The molecule has 1 atom stereocenters. The predicted molar refractivity (Wildman–Crippen MR) is 157 cm³/mol. The minimum atomic E-state index is -4.42. The number of benzene rings is 2. The molecule has 10 heteroatoms. The second-order valence-electron chi connectivity index (χ2n) is 11.7. The van der Waals surface area contributed by atoms with E-state index in [-0.39, 0.29) is 13.2 Å². The van der Waals surface area contributed by atoms with Gasteiger partial charge in [-0.3, -0.25) is 5.01 Å². The lowest BCUT2D eigenvalue weighted by molar-refractivity contribution is -0.137. The van der Waals surface area contributed by atoms with Crippen LogP contribution < -0.4 is 4.74 Å². The van der Waals surface area contributed by atoms with E-state index in [0.29, 0.717) is 35.4 Å². The molecular formula is C33H36F3N3O4. The molecule has 7 nitrogen and oxygen atoms in total. The van der Waals surface area contributed by atoms with Gasteiger partial charge >= 0.3 is 12.3 Å². The fourth-order valence-electron chi connectivity index (χ4n) is 6.59. The average molecular weight is 596 g/mol. The Bertz CT molecular complexity index is 1560. The fraction of sp³-hybridized carbons (Fsp3) is 0.424. The maximum absolute atomic E-state index is 13.2. The molecule has 43 heavy (non-hydrogen) atoms. The SMILES string of the molecule is C/C1=C/O/C=C2\C(=C3\CCCC4=C3N(CC4)CC1C)CN(C(=O)O)N2CCCOc1cccc2cc(C(F)(F)F)ccc12. The van der Waals surface area contributed by atoms with Gasteiger partial charge in [0.05, 0.1) is 30.7 Å². The second kappa shape index (κ2) is 11.5. The lowest BCUT2D eigenvalue weighted by Crippen LogP contribution is -2.40. The largest absolute Gasteiger partial charge is 0.493 e. The van der Waals surface area contributed by atoms with Crippen LogP contribution in [0.2, 0.25) is 0 Å². The summed E-state index contributed by atoms with van der Waals surface area (Å²) in [6.45, 7) is 7.00. The minimum Gasteiger partial charge on any atom is -0.493 e. The minimum absolute atomic E-state index is 0.244. The van der Waals surface area contributed by atoms with Crippen molar-refractivity contribution in [3.63, 3.8) is 0 Å². The molecule has 1 N–H and O–H groups in total. The van der Waals surface area contributed by atoms with Crippen molar-refractivity contribution in [2.75, 3.05) is 32.8 Å². The van der Waals surface area contributed by atoms with Crippen LogP contribution in [0, 0.1) is 5.92 Å². The molecule has 0 aromatic heterocycles. The van der Waals surface area contributed by atoms with Gasteiger partial charge < -0.3 is 19.5 Å². The summed E-state index contributed by atoms with van der Waals surface area (Å²) in [4.78, 5) is 14.9. The Morgan fingerprint density at radius 3 is 2.74 bits per heavy atom. The molecule has 2 aromatic carbocycles. The summed E-state index contributed by atoms with van der Waals surface area (Å²) in [5.41, 5.74) is 6.13. The number of nitrogens with zero attached hydrogens (tertiary/aromatic N) is 3. The molecule has 1 fully saturated rings. The molecule has 2 aromatic rings. The van der Waals surface area contributed by atoms with Crippen molar-refractivity contribution in [2.45, 2.75) is 52.1 Å². The number of halogens is 3. The first-order valence-corrected chi connectivity index (χ1v) is 14.8. The van der Waals surface area contributed by atoms with Crippen molar-refractivity contribution in [1.29, 1.82) is 0 Å². The van der Waals surface area contributed by atoms with Crippen molar-refractivity contribution in [2.24, 2.45) is 5.92 Å². The van der Waals surface area contributed by atoms with Gasteiger partial charge in [0.15, 0.2) is 0 Å². The van der Waals surface area contributed by atoms with Gasteiger partial charge in [-0.1, -0.05) is 25.1 Å². The van der Waals surface area contributed by atoms with E-state index in [9.17, 15) is 23.1 Å². The van der Waals surface area contributed by atoms with E-state index < -0.39 is 17.8 Å². The van der Waals surface area contributed by atoms with Crippen LogP contribution in [0.5, 0.6) is 5.75 Å². The smallest absolute Gasteiger partial charge is 0.426 e. The molecule has 6 rings (SSSR count). The summed E-state index contributed by atoms with van der Waals surface area (Å²) >= 11 is 0. The molecule has 0 saturated carbocycles. The maximum Gasteiger partial charge on any atom is 0.426 e. The molecule has 1 aliphatic carbocycles. The van der Waals surface area contributed by atoms with Crippen molar-refractivity contribution < 1.29 is 32.5 Å². The number of alkyl halides is 3. The van der Waals surface area contributed by atoms with E-state index in [1.54, 1.807) is 35.7 Å². The Balaban J connectivity index is 1.26. The molecule has 4 aliphatic rings. The highest BCUT2D eigenvalue weighted by molar-refractivity contribution is 5.89. The zero-order chi connectivity index (χ0) is 30.3. The first kappa shape index (κ1) is 29.0. The number of hydrogen-bond acceptors (Lipinski definition) is 5. The Labute approximate surface area is 249 Å². The number of ether oxygens (including phenoxy) is 2. The van der Waals surface area contributed by atoms with Crippen LogP contribution in [-0.2, 0) is 10.9 Å². The number of carbonyl (C=O) groups is 1. The summed E-state index contributed by atoms with van der Waals surface area (Å²) in [5.74, 6) is 0.801. The number of fused-ring (bicyclic) bond motifs is 2. The van der Waals surface area contributed by atoms with Crippen LogP contribution in [0.25, 0.3) is 10.8 Å². The monoisotopic (exact) mass is 595 g/mol. The van der Waals surface area contributed by atoms with Gasteiger partial charge in [0.2, 0.25) is 0 Å². The highest BCUT2D eigenvalue weighted by Crippen LogP contribution is 2.44. The third-order valence-corrected chi connectivity index (χ3v) is 8.94. The molecule has 1 amide bonds. The first-order valence-electron chi connectivity index (χ1n) is 14.8. The molecule has 0 radical (unpaired) electrons. The lowest BCUT2D eigenvalue weighted by atomic mass is 9.88. The highest BCUT2D eigenvalue weighted by Gasteiger charge is 2.39. The van der Waals surface area contributed by atoms with Gasteiger partial charge in [-0.25, -0.2) is 9.80 Å². The van der Waals surface area contributed by atoms with Crippen LogP contribution in [0.15, 0.2) is 82.6 Å². The Morgan fingerprint density at radius 1 is 1.12 bits per heavy atom. The molecule has 3 aliphatic heterocycles. The molecule has 0 spiro atoms. The molecule has 228 valence electrons. The summed E-state index contributed by atoms with van der Waals surface area (Å²) < 4.78 is 51.6. The second-order valence-corrected chi connectivity index (χ2v) is 11.7. The van der Waals surface area contributed by atoms with Gasteiger partial charge in [0.25, 0.3) is 0 Å². The van der Waals surface area contributed by atoms with Gasteiger partial charge in [-0.05, 0) is 78.8 Å². The fourth-order valence-corrected chi connectivity index (χ4v) is 6.59. The number of carboxylic acid groups (broad SMARTS) is 1. The normalized spacial score (nSPS) is 25.0. The van der Waals surface area contributed by atoms with E-state index in [1.807, 2.05) is 0 Å². The third kappa shape index (κ3) is 5.67. The van der Waals surface area contributed by atoms with Crippen molar-refractivity contribution >= 4 is 16.9 Å². The molecule has 0 bridgehead atoms. The predicted octanol–water partition coefficient (Wildman–Crippen LogP) is 7.69. The van der Waals surface area contributed by atoms with E-state index in [4.69, 9.17) is 9.47 Å². The van der Waals surface area contributed by atoms with E-state index >= 15 is 0 Å². The van der Waals surface area contributed by atoms with Gasteiger partial charge in [0, 0.05) is 42.7 Å². The lowest BCUT2D eigenvalue weighted by Gasteiger charge is -2.30. The summed E-state index contributed by atoms with van der Waals surface area (Å²) in [5, 5.41) is 14.3.